The van der Waals surface area contributed by atoms with Crippen molar-refractivity contribution in [1.82, 2.24) is 20.3 Å². The number of nitrogens with zero attached hydrogens (tertiary/aromatic N) is 3. The monoisotopic (exact) mass is 362 g/mol. The van der Waals surface area contributed by atoms with Gasteiger partial charge < -0.3 is 16.0 Å². The largest absolute Gasteiger partial charge is 0.368 e. The van der Waals surface area contributed by atoms with E-state index in [1.165, 1.54) is 0 Å². The molecule has 0 unspecified atom stereocenters. The van der Waals surface area contributed by atoms with Crippen LogP contribution in [0.15, 0.2) is 54.7 Å². The Morgan fingerprint density at radius 2 is 1.70 bits per heavy atom. The van der Waals surface area contributed by atoms with Crippen molar-refractivity contribution in [1.29, 1.82) is 0 Å². The normalized spacial score (nSPS) is 10.3. The highest BCUT2D eigenvalue weighted by Crippen LogP contribution is 2.16. The Labute approximate surface area is 158 Å². The number of carbonyl (C=O) groups is 1. The average Bonchev–Trinajstić information content (AvgIpc) is 2.65. The Kier molecular flexibility index (Phi) is 5.94. The fourth-order valence-corrected chi connectivity index (χ4v) is 2.52. The molecule has 0 fully saturated rings. The second kappa shape index (κ2) is 8.75. The van der Waals surface area contributed by atoms with Crippen LogP contribution in [0.25, 0.3) is 0 Å². The molecule has 0 atom stereocenters. The molecule has 27 heavy (non-hydrogen) atoms. The van der Waals surface area contributed by atoms with E-state index in [9.17, 15) is 4.79 Å². The van der Waals surface area contributed by atoms with Crippen LogP contribution >= 0.6 is 0 Å². The molecule has 0 aliphatic heterocycles. The summed E-state index contributed by atoms with van der Waals surface area (Å²) in [6.45, 7) is 4.88. The standard InChI is InChI=1S/C20H22N6O/c1-14-8-9-21-17(12-14)26-19-13-18(24-15(2)25-19)22-10-11-23-20(27)16-6-4-3-5-7-16/h3-9,12-13H,10-11H2,1-2H3,(H,23,27)(H2,21,22,24,25,26). The fourth-order valence-electron chi connectivity index (χ4n) is 2.52. The molecular weight excluding hydrogens is 340 g/mol. The van der Waals surface area contributed by atoms with Crippen molar-refractivity contribution in [2.45, 2.75) is 13.8 Å². The summed E-state index contributed by atoms with van der Waals surface area (Å²) in [6.07, 6.45) is 1.75. The van der Waals surface area contributed by atoms with Crippen LogP contribution < -0.4 is 16.0 Å². The summed E-state index contributed by atoms with van der Waals surface area (Å²) in [5.41, 5.74) is 1.76. The van der Waals surface area contributed by atoms with Crippen LogP contribution in [0.1, 0.15) is 21.7 Å². The highest BCUT2D eigenvalue weighted by molar-refractivity contribution is 5.94. The minimum absolute atomic E-state index is 0.0934. The molecule has 1 amide bonds. The van der Waals surface area contributed by atoms with Gasteiger partial charge in [0.15, 0.2) is 0 Å². The summed E-state index contributed by atoms with van der Waals surface area (Å²) in [5.74, 6) is 2.63. The number of hydrogen-bond donors (Lipinski definition) is 3. The second-order valence-electron chi connectivity index (χ2n) is 6.08. The van der Waals surface area contributed by atoms with E-state index >= 15 is 0 Å². The zero-order valence-electron chi connectivity index (χ0n) is 15.4. The summed E-state index contributed by atoms with van der Waals surface area (Å²) in [5, 5.41) is 9.26. The van der Waals surface area contributed by atoms with Crippen molar-refractivity contribution >= 4 is 23.4 Å². The Morgan fingerprint density at radius 1 is 0.926 bits per heavy atom. The molecule has 0 radical (unpaired) electrons. The lowest BCUT2D eigenvalue weighted by molar-refractivity contribution is 0.0955. The Balaban J connectivity index is 1.54. The molecule has 2 heterocycles. The number of anilines is 3. The fraction of sp³-hybridized carbons (Fsp3) is 0.200. The molecule has 1 aromatic carbocycles. The highest BCUT2D eigenvalue weighted by Gasteiger charge is 2.05. The molecule has 3 rings (SSSR count). The molecular formula is C20H22N6O. The first-order valence-corrected chi connectivity index (χ1v) is 8.72. The average molecular weight is 362 g/mol. The lowest BCUT2D eigenvalue weighted by atomic mass is 10.2. The van der Waals surface area contributed by atoms with Gasteiger partial charge in [0.1, 0.15) is 23.3 Å². The number of aromatic nitrogens is 3. The van der Waals surface area contributed by atoms with Gasteiger partial charge in [-0.25, -0.2) is 15.0 Å². The van der Waals surface area contributed by atoms with Crippen molar-refractivity contribution in [3.8, 4) is 0 Å². The van der Waals surface area contributed by atoms with E-state index in [1.807, 2.05) is 50.2 Å². The molecule has 0 aliphatic rings. The van der Waals surface area contributed by atoms with Crippen LogP contribution in [0.5, 0.6) is 0 Å². The molecule has 0 spiro atoms. The van der Waals surface area contributed by atoms with E-state index < -0.39 is 0 Å². The first kappa shape index (κ1) is 18.3. The molecule has 3 aromatic rings. The van der Waals surface area contributed by atoms with Crippen LogP contribution in [-0.4, -0.2) is 33.9 Å². The van der Waals surface area contributed by atoms with Gasteiger partial charge in [-0.3, -0.25) is 4.79 Å². The van der Waals surface area contributed by atoms with Gasteiger partial charge in [0.25, 0.3) is 5.91 Å². The predicted octanol–water partition coefficient (Wildman–Crippen LogP) is 3.07. The molecule has 7 heteroatoms. The van der Waals surface area contributed by atoms with Gasteiger partial charge in [-0.2, -0.15) is 0 Å². The summed E-state index contributed by atoms with van der Waals surface area (Å²) in [4.78, 5) is 25.0. The van der Waals surface area contributed by atoms with Gasteiger partial charge >= 0.3 is 0 Å². The van der Waals surface area contributed by atoms with E-state index in [1.54, 1.807) is 18.3 Å². The minimum atomic E-state index is -0.0934. The van der Waals surface area contributed by atoms with E-state index in [2.05, 4.69) is 30.9 Å². The number of nitrogens with one attached hydrogen (secondary N) is 3. The Morgan fingerprint density at radius 3 is 2.48 bits per heavy atom. The number of pyridine rings is 1. The molecule has 3 N–H and O–H groups in total. The molecule has 7 nitrogen and oxygen atoms in total. The molecule has 138 valence electrons. The summed E-state index contributed by atoms with van der Waals surface area (Å²) >= 11 is 0. The predicted molar refractivity (Wildman–Crippen MR) is 106 cm³/mol. The van der Waals surface area contributed by atoms with Crippen LogP contribution in [0.4, 0.5) is 17.5 Å². The number of carbonyl (C=O) groups excluding carboxylic acids is 1. The van der Waals surface area contributed by atoms with E-state index in [4.69, 9.17) is 0 Å². The third-order valence-corrected chi connectivity index (χ3v) is 3.76. The zero-order chi connectivity index (χ0) is 19.1. The van der Waals surface area contributed by atoms with Crippen LogP contribution in [0.3, 0.4) is 0 Å². The van der Waals surface area contributed by atoms with E-state index in [0.29, 0.717) is 36.1 Å². The van der Waals surface area contributed by atoms with E-state index in [0.717, 1.165) is 11.4 Å². The summed E-state index contributed by atoms with van der Waals surface area (Å²) in [7, 11) is 0. The van der Waals surface area contributed by atoms with Gasteiger partial charge in [-0.05, 0) is 43.7 Å². The van der Waals surface area contributed by atoms with Crippen LogP contribution in [0.2, 0.25) is 0 Å². The lowest BCUT2D eigenvalue weighted by Gasteiger charge is -2.11. The minimum Gasteiger partial charge on any atom is -0.368 e. The van der Waals surface area contributed by atoms with Crippen molar-refractivity contribution in [2.75, 3.05) is 23.7 Å². The quantitative estimate of drug-likeness (QED) is 0.560. The zero-order valence-corrected chi connectivity index (χ0v) is 15.4. The molecule has 0 saturated carbocycles. The summed E-state index contributed by atoms with van der Waals surface area (Å²) < 4.78 is 0. The van der Waals surface area contributed by atoms with Gasteiger partial charge in [0.2, 0.25) is 0 Å². The van der Waals surface area contributed by atoms with Crippen molar-refractivity contribution in [3.63, 3.8) is 0 Å². The maximum absolute atomic E-state index is 12.0. The van der Waals surface area contributed by atoms with Gasteiger partial charge in [-0.1, -0.05) is 18.2 Å². The topological polar surface area (TPSA) is 91.8 Å². The molecule has 2 aromatic heterocycles. The Hall–Kier alpha value is -3.48. The number of aryl methyl sites for hydroxylation is 2. The molecule has 0 bridgehead atoms. The molecule has 0 saturated heterocycles. The third-order valence-electron chi connectivity index (χ3n) is 3.76. The molecule has 0 aliphatic carbocycles. The van der Waals surface area contributed by atoms with Crippen LogP contribution in [0, 0.1) is 13.8 Å². The van der Waals surface area contributed by atoms with Crippen molar-refractivity contribution in [3.05, 3.63) is 71.7 Å². The number of hydrogen-bond acceptors (Lipinski definition) is 6. The van der Waals surface area contributed by atoms with E-state index in [-0.39, 0.29) is 5.91 Å². The van der Waals surface area contributed by atoms with Gasteiger partial charge in [-0.15, -0.1) is 0 Å². The maximum atomic E-state index is 12.0. The van der Waals surface area contributed by atoms with Gasteiger partial charge in [0, 0.05) is 30.9 Å². The highest BCUT2D eigenvalue weighted by atomic mass is 16.1. The van der Waals surface area contributed by atoms with Crippen molar-refractivity contribution in [2.24, 2.45) is 0 Å². The number of rotatable bonds is 7. The van der Waals surface area contributed by atoms with Gasteiger partial charge in [0.05, 0.1) is 0 Å². The maximum Gasteiger partial charge on any atom is 0.251 e. The smallest absolute Gasteiger partial charge is 0.251 e. The lowest BCUT2D eigenvalue weighted by Crippen LogP contribution is -2.28. The van der Waals surface area contributed by atoms with Crippen molar-refractivity contribution < 1.29 is 4.79 Å². The summed E-state index contributed by atoms with van der Waals surface area (Å²) in [6, 6.07) is 14.8. The SMILES string of the molecule is Cc1ccnc(Nc2cc(NCCNC(=O)c3ccccc3)nc(C)n2)c1. The first-order valence-electron chi connectivity index (χ1n) is 8.72. The second-order valence-corrected chi connectivity index (χ2v) is 6.08. The number of amides is 1. The van der Waals surface area contributed by atoms with Crippen LogP contribution in [-0.2, 0) is 0 Å². The first-order chi connectivity index (χ1) is 13.1. The number of benzene rings is 1. The Bertz CT molecular complexity index is 913. The third kappa shape index (κ3) is 5.50.